The summed E-state index contributed by atoms with van der Waals surface area (Å²) in [5, 5.41) is 1.07. The zero-order valence-corrected chi connectivity index (χ0v) is 7.77. The highest BCUT2D eigenvalue weighted by molar-refractivity contribution is 5.74. The molecule has 0 radical (unpaired) electrons. The molecule has 4 heteroatoms. The summed E-state index contributed by atoms with van der Waals surface area (Å²) in [6.07, 6.45) is 2.57. The minimum Gasteiger partial charge on any atom is -0.271 e. The fraction of sp³-hybridized carbons (Fsp3) is 0.200. The van der Waals surface area contributed by atoms with Gasteiger partial charge in [0.2, 0.25) is 0 Å². The second-order valence-corrected chi connectivity index (χ2v) is 3.06. The van der Waals surface area contributed by atoms with Crippen LogP contribution in [-0.2, 0) is 6.42 Å². The third kappa shape index (κ3) is 1.86. The molecule has 2 heterocycles. The monoisotopic (exact) mass is 188 g/mol. The molecule has 0 aromatic carbocycles. The lowest BCUT2D eigenvalue weighted by Crippen LogP contribution is -2.24. The van der Waals surface area contributed by atoms with Gasteiger partial charge in [-0.05, 0) is 24.3 Å². The largest absolute Gasteiger partial charge is 0.271 e. The van der Waals surface area contributed by atoms with Crippen molar-refractivity contribution in [1.82, 2.24) is 15.4 Å². The Kier molecular flexibility index (Phi) is 2.67. The van der Waals surface area contributed by atoms with Crippen molar-refractivity contribution in [3.05, 3.63) is 36.2 Å². The third-order valence-corrected chi connectivity index (χ3v) is 2.05. The highest BCUT2D eigenvalue weighted by Crippen LogP contribution is 2.08. The molecule has 0 spiro atoms. The fourth-order valence-electron chi connectivity index (χ4n) is 1.33. The number of hydrogen-bond donors (Lipinski definition) is 2. The molecule has 72 valence electrons. The normalized spacial score (nSPS) is 10.6. The number of nitrogens with zero attached hydrogens (tertiary/aromatic N) is 2. The van der Waals surface area contributed by atoms with Gasteiger partial charge >= 0.3 is 0 Å². The van der Waals surface area contributed by atoms with Crippen LogP contribution in [0.3, 0.4) is 0 Å². The van der Waals surface area contributed by atoms with Crippen molar-refractivity contribution in [1.29, 1.82) is 0 Å². The molecule has 0 aliphatic carbocycles. The summed E-state index contributed by atoms with van der Waals surface area (Å²) in [6, 6.07) is 7.94. The molecule has 0 fully saturated rings. The maximum Gasteiger partial charge on any atom is 0.159 e. The van der Waals surface area contributed by atoms with Gasteiger partial charge in [0.15, 0.2) is 5.65 Å². The second-order valence-electron chi connectivity index (χ2n) is 3.06. The standard InChI is InChI=1S/C10H12N4/c11-13-7-5-9-4-3-8-2-1-6-12-10(8)14-9/h1-4,6,13H,5,7,11H2. The van der Waals surface area contributed by atoms with Crippen molar-refractivity contribution in [3.63, 3.8) is 0 Å². The van der Waals surface area contributed by atoms with Crippen LogP contribution in [-0.4, -0.2) is 16.5 Å². The van der Waals surface area contributed by atoms with E-state index < -0.39 is 0 Å². The Hall–Kier alpha value is -1.52. The van der Waals surface area contributed by atoms with Crippen molar-refractivity contribution in [2.45, 2.75) is 6.42 Å². The van der Waals surface area contributed by atoms with Crippen molar-refractivity contribution < 1.29 is 0 Å². The number of nitrogens with one attached hydrogen (secondary N) is 1. The van der Waals surface area contributed by atoms with Gasteiger partial charge in [0, 0.05) is 30.2 Å². The maximum absolute atomic E-state index is 5.20. The molecule has 0 unspecified atom stereocenters. The zero-order valence-electron chi connectivity index (χ0n) is 7.77. The molecule has 0 amide bonds. The minimum absolute atomic E-state index is 0.728. The lowest BCUT2D eigenvalue weighted by Gasteiger charge is -2.01. The minimum atomic E-state index is 0.728. The first kappa shape index (κ1) is 9.05. The van der Waals surface area contributed by atoms with E-state index in [0.717, 1.165) is 29.7 Å². The molecule has 0 saturated heterocycles. The van der Waals surface area contributed by atoms with Gasteiger partial charge < -0.3 is 0 Å². The molecule has 0 atom stereocenters. The third-order valence-electron chi connectivity index (χ3n) is 2.05. The van der Waals surface area contributed by atoms with E-state index in [1.54, 1.807) is 6.20 Å². The van der Waals surface area contributed by atoms with E-state index in [0.29, 0.717) is 0 Å². The highest BCUT2D eigenvalue weighted by Gasteiger charge is 1.97. The highest BCUT2D eigenvalue weighted by atomic mass is 15.2. The van der Waals surface area contributed by atoms with E-state index in [1.807, 2.05) is 24.3 Å². The van der Waals surface area contributed by atoms with Crippen molar-refractivity contribution in [3.8, 4) is 0 Å². The Morgan fingerprint density at radius 2 is 2.21 bits per heavy atom. The summed E-state index contributed by atoms with van der Waals surface area (Å²) in [5.74, 6) is 5.20. The van der Waals surface area contributed by atoms with Crippen LogP contribution in [0.25, 0.3) is 11.0 Å². The van der Waals surface area contributed by atoms with E-state index in [2.05, 4.69) is 15.4 Å². The van der Waals surface area contributed by atoms with Crippen LogP contribution in [0.4, 0.5) is 0 Å². The number of pyridine rings is 2. The summed E-state index contributed by atoms with van der Waals surface area (Å²) in [7, 11) is 0. The number of rotatable bonds is 3. The Bertz CT molecular complexity index is 427. The Labute approximate surface area is 82.1 Å². The van der Waals surface area contributed by atoms with Crippen LogP contribution in [0.2, 0.25) is 0 Å². The van der Waals surface area contributed by atoms with Crippen LogP contribution in [0, 0.1) is 0 Å². The van der Waals surface area contributed by atoms with E-state index >= 15 is 0 Å². The molecule has 3 N–H and O–H groups in total. The first-order valence-electron chi connectivity index (χ1n) is 4.54. The molecule has 0 saturated carbocycles. The van der Waals surface area contributed by atoms with Gasteiger partial charge in [-0.15, -0.1) is 0 Å². The molecule has 0 bridgehead atoms. The van der Waals surface area contributed by atoms with Gasteiger partial charge in [0.1, 0.15) is 0 Å². The van der Waals surface area contributed by atoms with Crippen LogP contribution in [0.5, 0.6) is 0 Å². The SMILES string of the molecule is NNCCc1ccc2cccnc2n1. The number of hydrazine groups is 1. The summed E-state index contributed by atoms with van der Waals surface area (Å²) >= 11 is 0. The van der Waals surface area contributed by atoms with E-state index in [4.69, 9.17) is 5.84 Å². The predicted octanol–water partition coefficient (Wildman–Crippen LogP) is 0.636. The number of fused-ring (bicyclic) bond motifs is 1. The predicted molar refractivity (Wildman–Crippen MR) is 55.4 cm³/mol. The fourth-order valence-corrected chi connectivity index (χ4v) is 1.33. The molecule has 0 aliphatic rings. The van der Waals surface area contributed by atoms with Gasteiger partial charge in [0.25, 0.3) is 0 Å². The van der Waals surface area contributed by atoms with Crippen molar-refractivity contribution in [2.24, 2.45) is 5.84 Å². The van der Waals surface area contributed by atoms with Gasteiger partial charge in [-0.25, -0.2) is 9.97 Å². The van der Waals surface area contributed by atoms with Crippen LogP contribution >= 0.6 is 0 Å². The van der Waals surface area contributed by atoms with Gasteiger partial charge in [0.05, 0.1) is 0 Å². The molecular formula is C10H12N4. The zero-order chi connectivity index (χ0) is 9.80. The average molecular weight is 188 g/mol. The molecule has 2 rings (SSSR count). The van der Waals surface area contributed by atoms with Crippen molar-refractivity contribution >= 4 is 11.0 Å². The average Bonchev–Trinajstić information content (AvgIpc) is 2.26. The summed E-state index contributed by atoms with van der Waals surface area (Å²) < 4.78 is 0. The summed E-state index contributed by atoms with van der Waals surface area (Å²) in [6.45, 7) is 0.728. The van der Waals surface area contributed by atoms with E-state index in [-0.39, 0.29) is 0 Å². The Morgan fingerprint density at radius 3 is 3.07 bits per heavy atom. The molecule has 2 aromatic heterocycles. The quantitative estimate of drug-likeness (QED) is 0.548. The number of hydrogen-bond acceptors (Lipinski definition) is 4. The Morgan fingerprint density at radius 1 is 1.29 bits per heavy atom. The molecular weight excluding hydrogens is 176 g/mol. The lowest BCUT2D eigenvalue weighted by molar-refractivity contribution is 0.720. The topological polar surface area (TPSA) is 63.8 Å². The first-order chi connectivity index (χ1) is 6.90. The smallest absolute Gasteiger partial charge is 0.159 e. The molecule has 2 aromatic rings. The first-order valence-corrected chi connectivity index (χ1v) is 4.54. The van der Waals surface area contributed by atoms with Crippen LogP contribution in [0.15, 0.2) is 30.5 Å². The van der Waals surface area contributed by atoms with Gasteiger partial charge in [-0.1, -0.05) is 0 Å². The lowest BCUT2D eigenvalue weighted by atomic mass is 10.2. The second kappa shape index (κ2) is 4.13. The van der Waals surface area contributed by atoms with E-state index in [1.165, 1.54) is 0 Å². The van der Waals surface area contributed by atoms with Gasteiger partial charge in [-0.2, -0.15) is 0 Å². The summed E-state index contributed by atoms with van der Waals surface area (Å²) in [5.41, 5.74) is 4.41. The molecule has 14 heavy (non-hydrogen) atoms. The van der Waals surface area contributed by atoms with Crippen molar-refractivity contribution in [2.75, 3.05) is 6.54 Å². The maximum atomic E-state index is 5.20. The number of aromatic nitrogens is 2. The number of nitrogens with two attached hydrogens (primary N) is 1. The van der Waals surface area contributed by atoms with Gasteiger partial charge in [-0.3, -0.25) is 11.3 Å². The van der Waals surface area contributed by atoms with Crippen LogP contribution in [0.1, 0.15) is 5.69 Å². The van der Waals surface area contributed by atoms with Crippen LogP contribution < -0.4 is 11.3 Å². The molecule has 4 nitrogen and oxygen atoms in total. The molecule has 0 aliphatic heterocycles. The Balaban J connectivity index is 2.32. The summed E-state index contributed by atoms with van der Waals surface area (Å²) in [4.78, 5) is 8.59. The van der Waals surface area contributed by atoms with E-state index in [9.17, 15) is 0 Å².